The summed E-state index contributed by atoms with van der Waals surface area (Å²) in [6, 6.07) is 27.7. The van der Waals surface area contributed by atoms with E-state index in [4.69, 9.17) is 0 Å². The lowest BCUT2D eigenvalue weighted by atomic mass is 9.85. The molecule has 8 heteroatoms. The van der Waals surface area contributed by atoms with Crippen molar-refractivity contribution in [2.24, 2.45) is 0 Å². The van der Waals surface area contributed by atoms with Gasteiger partial charge in [-0.25, -0.2) is 0 Å². The maximum Gasteiger partial charge on any atom is 0.737 e. The van der Waals surface area contributed by atoms with E-state index in [1.807, 2.05) is 135 Å². The fourth-order valence-electron chi connectivity index (χ4n) is 5.59. The second kappa shape index (κ2) is 11.5. The Balaban J connectivity index is 1.46. The van der Waals surface area contributed by atoms with Gasteiger partial charge in [0.05, 0.1) is 5.57 Å². The summed E-state index contributed by atoms with van der Waals surface area (Å²) in [6.45, 7) is -4.19. The normalized spacial score (nSPS) is 15.5. The predicted molar refractivity (Wildman–Crippen MR) is 187 cm³/mol. The van der Waals surface area contributed by atoms with Crippen molar-refractivity contribution in [1.82, 2.24) is 4.48 Å². The van der Waals surface area contributed by atoms with Crippen molar-refractivity contribution < 1.29 is 13.1 Å². The molecule has 0 bridgehead atoms. The molecule has 1 aromatic heterocycles. The molecule has 2 aliphatic heterocycles. The topological polar surface area (TPSA) is 14.4 Å². The van der Waals surface area contributed by atoms with Crippen LogP contribution in [0.2, 0.25) is 0 Å². The van der Waals surface area contributed by atoms with E-state index in [0.29, 0.717) is 22.8 Å². The third-order valence-corrected chi connectivity index (χ3v) is 8.60. The van der Waals surface area contributed by atoms with E-state index in [1.165, 1.54) is 8.96 Å². The van der Waals surface area contributed by atoms with Crippen molar-refractivity contribution in [3.8, 4) is 0 Å². The molecule has 0 aliphatic carbocycles. The zero-order valence-electron chi connectivity index (χ0n) is 24.5. The monoisotopic (exact) mass is 684 g/mol. The van der Waals surface area contributed by atoms with Crippen LogP contribution in [0.3, 0.4) is 0 Å². The van der Waals surface area contributed by atoms with Crippen molar-refractivity contribution in [2.45, 2.75) is 0 Å². The maximum absolute atomic E-state index is 16.8. The second-order valence-corrected chi connectivity index (χ2v) is 12.4. The molecular formula is C35H32BF2IN4. The van der Waals surface area contributed by atoms with Gasteiger partial charge in [0.1, 0.15) is 0 Å². The highest BCUT2D eigenvalue weighted by atomic mass is 127. The van der Waals surface area contributed by atoms with E-state index in [9.17, 15) is 0 Å². The SMILES string of the molecule is CN(C)c1ccc(/C=C/C2=[N+]3C(=C(c4ccc(I)cc4)c4ccc(/C=C/c5ccc(N(C)C)cc5)n4[B-]3(F)F)C=C2)cc1. The first-order chi connectivity index (χ1) is 20.6. The number of rotatable bonds is 7. The lowest BCUT2D eigenvalue weighted by Crippen LogP contribution is -2.51. The van der Waals surface area contributed by atoms with Crippen molar-refractivity contribution in [3.05, 3.63) is 141 Å². The number of hydrogen-bond donors (Lipinski definition) is 0. The van der Waals surface area contributed by atoms with E-state index in [1.54, 1.807) is 24.3 Å². The van der Waals surface area contributed by atoms with Gasteiger partial charge < -0.3 is 27.4 Å². The molecular weight excluding hydrogens is 652 g/mol. The number of fused-ring (bicyclic) bond motifs is 2. The molecule has 0 atom stereocenters. The molecule has 0 saturated heterocycles. The van der Waals surface area contributed by atoms with Gasteiger partial charge in [0, 0.05) is 72.8 Å². The number of nitrogens with zero attached hydrogens (tertiary/aromatic N) is 4. The van der Waals surface area contributed by atoms with E-state index < -0.39 is 6.97 Å². The Hall–Kier alpha value is -4.18. The van der Waals surface area contributed by atoms with Gasteiger partial charge in [-0.05, 0) is 100.0 Å². The quantitative estimate of drug-likeness (QED) is 0.144. The van der Waals surface area contributed by atoms with Crippen molar-refractivity contribution in [3.63, 3.8) is 0 Å². The summed E-state index contributed by atoms with van der Waals surface area (Å²) in [6.07, 6.45) is 11.0. The van der Waals surface area contributed by atoms with E-state index >= 15 is 8.63 Å². The summed E-state index contributed by atoms with van der Waals surface area (Å²) in [5.74, 6) is 0. The molecule has 4 nitrogen and oxygen atoms in total. The van der Waals surface area contributed by atoms with Gasteiger partial charge in [0.25, 0.3) is 0 Å². The van der Waals surface area contributed by atoms with Crippen LogP contribution in [0.15, 0.2) is 109 Å². The molecule has 0 spiro atoms. The highest BCUT2D eigenvalue weighted by molar-refractivity contribution is 14.1. The molecule has 0 amide bonds. The molecule has 3 aromatic carbocycles. The average molecular weight is 684 g/mol. The van der Waals surface area contributed by atoms with Gasteiger partial charge in [-0.1, -0.05) is 42.5 Å². The van der Waals surface area contributed by atoms with Crippen LogP contribution in [0.4, 0.5) is 20.0 Å². The van der Waals surface area contributed by atoms with Crippen LogP contribution in [0, 0.1) is 3.57 Å². The summed E-state index contributed by atoms with van der Waals surface area (Å²) >= 11 is 2.26. The van der Waals surface area contributed by atoms with Crippen LogP contribution >= 0.6 is 22.6 Å². The minimum absolute atomic E-state index is 0.452. The van der Waals surface area contributed by atoms with Gasteiger partial charge in [0.15, 0.2) is 11.4 Å². The Labute approximate surface area is 265 Å². The van der Waals surface area contributed by atoms with E-state index in [0.717, 1.165) is 37.2 Å². The minimum Gasteiger partial charge on any atom is -0.390 e. The highest BCUT2D eigenvalue weighted by Crippen LogP contribution is 2.41. The lowest BCUT2D eigenvalue weighted by molar-refractivity contribution is -0.360. The highest BCUT2D eigenvalue weighted by Gasteiger charge is 2.54. The lowest BCUT2D eigenvalue weighted by Gasteiger charge is -2.33. The standard InChI is InChI=1S/C35H32BF2IN4/c1-40(2)29-15-5-25(6-16-29)9-19-31-21-23-33-35(27-11-13-28(39)14-12-27)34-24-22-32(43(34)36(37,38)42(31)33)20-10-26-7-17-30(18-8-26)41(3)4/h5-24H,1-4H3/b19-9+,20-10+. The molecule has 216 valence electrons. The Morgan fingerprint density at radius 2 is 1.23 bits per heavy atom. The number of allylic oxidation sites excluding steroid dienone is 3. The molecule has 4 aromatic rings. The minimum atomic E-state index is -4.19. The van der Waals surface area contributed by atoms with Crippen LogP contribution < -0.4 is 9.80 Å². The smallest absolute Gasteiger partial charge is 0.390 e. The van der Waals surface area contributed by atoms with Crippen LogP contribution in [0.5, 0.6) is 0 Å². The zero-order valence-corrected chi connectivity index (χ0v) is 26.7. The van der Waals surface area contributed by atoms with Crippen LogP contribution in [0.25, 0.3) is 23.8 Å². The van der Waals surface area contributed by atoms with Crippen LogP contribution in [0.1, 0.15) is 28.1 Å². The van der Waals surface area contributed by atoms with Gasteiger partial charge in [-0.15, -0.1) is 0 Å². The third-order valence-electron chi connectivity index (χ3n) is 7.88. The Morgan fingerprint density at radius 3 is 1.79 bits per heavy atom. The first-order valence-electron chi connectivity index (χ1n) is 14.1. The van der Waals surface area contributed by atoms with Crippen LogP contribution in [-0.4, -0.2) is 49.8 Å². The molecule has 43 heavy (non-hydrogen) atoms. The summed E-state index contributed by atoms with van der Waals surface area (Å²) in [4.78, 5) is 4.06. The summed E-state index contributed by atoms with van der Waals surface area (Å²) < 4.78 is 37.0. The molecule has 2 aliphatic rings. The summed E-state index contributed by atoms with van der Waals surface area (Å²) in [5, 5.41) is 0. The molecule has 0 N–H and O–H groups in total. The fraction of sp³-hybridized carbons (Fsp3) is 0.114. The zero-order chi connectivity index (χ0) is 30.3. The van der Waals surface area contributed by atoms with Crippen molar-refractivity contribution >= 4 is 70.4 Å². The first-order valence-corrected chi connectivity index (χ1v) is 15.2. The number of benzene rings is 3. The van der Waals surface area contributed by atoms with Gasteiger partial charge in [-0.2, -0.15) is 0 Å². The number of hydrogen-bond acceptors (Lipinski definition) is 2. The number of halogens is 3. The Morgan fingerprint density at radius 1 is 0.674 bits per heavy atom. The Bertz CT molecular complexity index is 1830. The van der Waals surface area contributed by atoms with Gasteiger partial charge in [0.2, 0.25) is 0 Å². The summed E-state index contributed by atoms with van der Waals surface area (Å²) in [7, 11) is 7.96. The first kappa shape index (κ1) is 28.9. The molecule has 6 rings (SSSR count). The average Bonchev–Trinajstić information content (AvgIpc) is 3.62. The van der Waals surface area contributed by atoms with Gasteiger partial charge >= 0.3 is 6.97 Å². The number of aromatic nitrogens is 1. The van der Waals surface area contributed by atoms with E-state index in [-0.39, 0.29) is 0 Å². The Kier molecular flexibility index (Phi) is 7.73. The third kappa shape index (κ3) is 5.51. The molecule has 0 saturated carbocycles. The number of anilines is 2. The van der Waals surface area contributed by atoms with Crippen LogP contribution in [-0.2, 0) is 0 Å². The van der Waals surface area contributed by atoms with Gasteiger partial charge in [-0.3, -0.25) is 0 Å². The molecule has 0 unspecified atom stereocenters. The predicted octanol–water partition coefficient (Wildman–Crippen LogP) is 8.13. The largest absolute Gasteiger partial charge is 0.737 e. The van der Waals surface area contributed by atoms with Crippen molar-refractivity contribution in [1.29, 1.82) is 0 Å². The molecule has 3 heterocycles. The molecule has 0 radical (unpaired) electrons. The fourth-order valence-corrected chi connectivity index (χ4v) is 5.95. The van der Waals surface area contributed by atoms with E-state index in [2.05, 4.69) is 22.6 Å². The summed E-state index contributed by atoms with van der Waals surface area (Å²) in [5.41, 5.74) is 7.66. The molecule has 0 fully saturated rings. The maximum atomic E-state index is 16.8. The van der Waals surface area contributed by atoms with Crippen molar-refractivity contribution in [2.75, 3.05) is 38.0 Å². The second-order valence-electron chi connectivity index (χ2n) is 11.1.